The molecule has 41 heavy (non-hydrogen) atoms. The van der Waals surface area contributed by atoms with E-state index in [2.05, 4.69) is 10.0 Å². The van der Waals surface area contributed by atoms with Crippen LogP contribution in [-0.2, 0) is 19.6 Å². The summed E-state index contributed by atoms with van der Waals surface area (Å²) in [4.78, 5) is 50.7. The minimum absolute atomic E-state index is 0.0464. The lowest BCUT2D eigenvalue weighted by Gasteiger charge is -2.55. The maximum absolute atomic E-state index is 13.9. The molecule has 224 valence electrons. The zero-order valence-corrected chi connectivity index (χ0v) is 23.9. The number of nitrogens with zero attached hydrogens (tertiary/aromatic N) is 1. The number of carboxylic acids is 2. The predicted molar refractivity (Wildman–Crippen MR) is 149 cm³/mol. The van der Waals surface area contributed by atoms with Crippen molar-refractivity contribution >= 4 is 33.8 Å². The molecule has 4 saturated carbocycles. The molecule has 11 nitrogen and oxygen atoms in total. The summed E-state index contributed by atoms with van der Waals surface area (Å²) < 4.78 is 29.8. The maximum atomic E-state index is 13.9. The van der Waals surface area contributed by atoms with Crippen molar-refractivity contribution in [3.8, 4) is 0 Å². The molecule has 5 fully saturated rings. The Morgan fingerprint density at radius 3 is 2.15 bits per heavy atom. The number of hydrogen-bond acceptors (Lipinski definition) is 6. The van der Waals surface area contributed by atoms with Crippen molar-refractivity contribution in [1.82, 2.24) is 14.9 Å². The van der Waals surface area contributed by atoms with Crippen molar-refractivity contribution in [2.24, 2.45) is 17.8 Å². The first-order chi connectivity index (χ1) is 19.5. The number of carboxylic acid groups (broad SMARTS) is 2. The highest BCUT2D eigenvalue weighted by Gasteiger charge is 2.58. The van der Waals surface area contributed by atoms with Gasteiger partial charge in [0.05, 0.1) is 15.9 Å². The van der Waals surface area contributed by atoms with Crippen molar-refractivity contribution < 1.29 is 37.8 Å². The summed E-state index contributed by atoms with van der Waals surface area (Å²) in [6.07, 6.45) is 6.92. The van der Waals surface area contributed by atoms with Crippen LogP contribution >= 0.6 is 0 Å². The van der Waals surface area contributed by atoms with Crippen LogP contribution in [0, 0.1) is 17.8 Å². The minimum atomic E-state index is -3.87. The number of aliphatic carboxylic acids is 1. The van der Waals surface area contributed by atoms with Crippen molar-refractivity contribution in [2.45, 2.75) is 87.5 Å². The number of amides is 2. The molecule has 1 aromatic carbocycles. The first-order valence-electron chi connectivity index (χ1n) is 14.7. The first kappa shape index (κ1) is 29.5. The van der Waals surface area contributed by atoms with E-state index < -0.39 is 50.6 Å². The van der Waals surface area contributed by atoms with Gasteiger partial charge in [0.25, 0.3) is 5.91 Å². The molecular weight excluding hydrogens is 550 g/mol. The van der Waals surface area contributed by atoms with E-state index in [9.17, 15) is 37.8 Å². The minimum Gasteiger partial charge on any atom is -0.480 e. The zero-order chi connectivity index (χ0) is 29.4. The van der Waals surface area contributed by atoms with E-state index in [1.54, 1.807) is 6.07 Å². The Labute approximate surface area is 240 Å². The van der Waals surface area contributed by atoms with Crippen molar-refractivity contribution in [3.05, 3.63) is 35.4 Å². The van der Waals surface area contributed by atoms with Crippen molar-refractivity contribution in [1.29, 1.82) is 0 Å². The van der Waals surface area contributed by atoms with Crippen LogP contribution in [-0.4, -0.2) is 77.2 Å². The number of benzene rings is 1. The first-order valence-corrected chi connectivity index (χ1v) is 16.1. The predicted octanol–water partition coefficient (Wildman–Crippen LogP) is 2.62. The van der Waals surface area contributed by atoms with Crippen LogP contribution < -0.4 is 10.0 Å². The highest BCUT2D eigenvalue weighted by Crippen LogP contribution is 2.58. The molecule has 2 atom stereocenters. The summed E-state index contributed by atoms with van der Waals surface area (Å²) >= 11 is 0. The molecule has 2 amide bonds. The Bertz CT molecular complexity index is 1280. The summed E-state index contributed by atoms with van der Waals surface area (Å²) in [5.74, 6) is -2.14. The van der Waals surface area contributed by atoms with Gasteiger partial charge in [-0.1, -0.05) is 12.1 Å². The molecule has 1 saturated heterocycles. The molecule has 1 aliphatic heterocycles. The SMILES string of the molecule is O=C(O)c1ccccc1C(=O)NCCCC[C@H](NS(=O)(=O)C12CC3CC(CC(C3)C1)C2)C(=O)N1CCC[C@H]1C(=O)O. The van der Waals surface area contributed by atoms with Gasteiger partial charge in [-0.3, -0.25) is 9.59 Å². The molecule has 0 radical (unpaired) electrons. The maximum Gasteiger partial charge on any atom is 0.336 e. The van der Waals surface area contributed by atoms with Crippen LogP contribution in [0.25, 0.3) is 0 Å². The molecule has 1 heterocycles. The number of carbonyl (C=O) groups is 4. The van der Waals surface area contributed by atoms with Gasteiger partial charge in [0, 0.05) is 13.1 Å². The monoisotopic (exact) mass is 589 g/mol. The molecule has 4 bridgehead atoms. The summed E-state index contributed by atoms with van der Waals surface area (Å²) in [7, 11) is -3.87. The molecule has 0 unspecified atom stereocenters. The highest BCUT2D eigenvalue weighted by atomic mass is 32.2. The van der Waals surface area contributed by atoms with Crippen LogP contribution in [0.15, 0.2) is 24.3 Å². The summed E-state index contributed by atoms with van der Waals surface area (Å²) in [5, 5.41) is 21.7. The quantitative estimate of drug-likeness (QED) is 0.270. The number of sulfonamides is 1. The standard InChI is InChI=1S/C29H39N3O8S/c33-25(21-6-1-2-7-22(21)27(35)36)30-10-4-3-8-23(26(34)32-11-5-9-24(32)28(37)38)31-41(39,40)29-15-18-12-19(16-29)14-20(13-18)17-29/h1-2,6-7,18-20,23-24,31H,3-5,8-17H2,(H,30,33)(H,35,36)(H,37,38)/t18?,19?,20?,23-,24-,29?/m0/s1. The van der Waals surface area contributed by atoms with Gasteiger partial charge in [-0.05, 0) is 101 Å². The topological polar surface area (TPSA) is 170 Å². The molecule has 0 aromatic heterocycles. The fourth-order valence-electron chi connectivity index (χ4n) is 8.03. The largest absolute Gasteiger partial charge is 0.480 e. The lowest BCUT2D eigenvalue weighted by atomic mass is 9.56. The van der Waals surface area contributed by atoms with E-state index in [0.717, 1.165) is 19.3 Å². The number of carbonyl (C=O) groups excluding carboxylic acids is 2. The fraction of sp³-hybridized carbons (Fsp3) is 0.655. The Hall–Kier alpha value is -2.99. The zero-order valence-electron chi connectivity index (χ0n) is 23.1. The van der Waals surface area contributed by atoms with Gasteiger partial charge in [0.2, 0.25) is 15.9 Å². The Morgan fingerprint density at radius 2 is 1.56 bits per heavy atom. The van der Waals surface area contributed by atoms with E-state index in [0.29, 0.717) is 62.7 Å². The molecule has 0 spiro atoms. The summed E-state index contributed by atoms with van der Waals surface area (Å²) in [6, 6.07) is 3.85. The Balaban J connectivity index is 1.25. The third kappa shape index (κ3) is 5.99. The fourth-order valence-corrected chi connectivity index (χ4v) is 10.2. The van der Waals surface area contributed by atoms with E-state index in [-0.39, 0.29) is 30.6 Å². The molecule has 5 aliphatic rings. The van der Waals surface area contributed by atoms with E-state index >= 15 is 0 Å². The third-order valence-electron chi connectivity index (χ3n) is 9.58. The van der Waals surface area contributed by atoms with E-state index in [4.69, 9.17) is 0 Å². The number of hydrogen-bond donors (Lipinski definition) is 4. The van der Waals surface area contributed by atoms with Gasteiger partial charge < -0.3 is 20.4 Å². The Kier molecular flexibility index (Phi) is 8.43. The highest BCUT2D eigenvalue weighted by molar-refractivity contribution is 7.91. The van der Waals surface area contributed by atoms with Crippen molar-refractivity contribution in [2.75, 3.05) is 13.1 Å². The molecule has 4 aliphatic carbocycles. The van der Waals surface area contributed by atoms with Crippen molar-refractivity contribution in [3.63, 3.8) is 0 Å². The lowest BCUT2D eigenvalue weighted by molar-refractivity contribution is -0.148. The number of unbranched alkanes of at least 4 members (excludes halogenated alkanes) is 1. The average Bonchev–Trinajstić information content (AvgIpc) is 3.41. The lowest BCUT2D eigenvalue weighted by Crippen LogP contribution is -2.61. The molecule has 1 aromatic rings. The second-order valence-electron chi connectivity index (χ2n) is 12.4. The number of aromatic carboxylic acids is 1. The van der Waals surface area contributed by atoms with Gasteiger partial charge in [-0.15, -0.1) is 0 Å². The van der Waals surface area contributed by atoms with Crippen LogP contribution in [0.5, 0.6) is 0 Å². The second-order valence-corrected chi connectivity index (χ2v) is 14.5. The van der Waals surface area contributed by atoms with Gasteiger partial charge in [0.15, 0.2) is 0 Å². The number of rotatable bonds is 12. The van der Waals surface area contributed by atoms with E-state index in [1.807, 2.05) is 0 Å². The number of nitrogens with one attached hydrogen (secondary N) is 2. The Morgan fingerprint density at radius 1 is 0.951 bits per heavy atom. The average molecular weight is 590 g/mol. The van der Waals surface area contributed by atoms with E-state index in [1.165, 1.54) is 23.1 Å². The third-order valence-corrected chi connectivity index (χ3v) is 11.8. The second kappa shape index (κ2) is 11.7. The van der Waals surface area contributed by atoms with Crippen LogP contribution in [0.4, 0.5) is 0 Å². The van der Waals surface area contributed by atoms with Gasteiger partial charge >= 0.3 is 11.9 Å². The van der Waals surface area contributed by atoms with Crippen LogP contribution in [0.3, 0.4) is 0 Å². The van der Waals surface area contributed by atoms with Gasteiger partial charge in [-0.2, -0.15) is 0 Å². The smallest absolute Gasteiger partial charge is 0.336 e. The summed E-state index contributed by atoms with van der Waals surface area (Å²) in [6.45, 7) is 0.474. The molecule has 4 N–H and O–H groups in total. The summed E-state index contributed by atoms with van der Waals surface area (Å²) in [5.41, 5.74) is -0.0570. The molecule has 12 heteroatoms. The van der Waals surface area contributed by atoms with Gasteiger partial charge in [-0.25, -0.2) is 22.7 Å². The number of likely N-dealkylation sites (tertiary alicyclic amines) is 1. The molecule has 6 rings (SSSR count). The van der Waals surface area contributed by atoms with Gasteiger partial charge in [0.1, 0.15) is 12.1 Å². The molecular formula is C29H39N3O8S. The van der Waals surface area contributed by atoms with Crippen LogP contribution in [0.1, 0.15) is 91.3 Å². The normalized spacial score (nSPS) is 29.3. The van der Waals surface area contributed by atoms with Crippen LogP contribution in [0.2, 0.25) is 0 Å².